The van der Waals surface area contributed by atoms with Crippen LogP contribution < -0.4 is 10.1 Å². The van der Waals surface area contributed by atoms with Gasteiger partial charge in [0.1, 0.15) is 11.6 Å². The maximum Gasteiger partial charge on any atom is 0.251 e. The maximum atomic E-state index is 13.9. The van der Waals surface area contributed by atoms with Gasteiger partial charge in [-0.1, -0.05) is 12.1 Å². The van der Waals surface area contributed by atoms with Crippen LogP contribution in [0, 0.1) is 5.82 Å². The number of carbonyl (C=O) groups is 1. The van der Waals surface area contributed by atoms with Gasteiger partial charge in [-0.25, -0.2) is 4.39 Å². The van der Waals surface area contributed by atoms with Crippen LogP contribution in [0.4, 0.5) is 4.39 Å². The highest BCUT2D eigenvalue weighted by Gasteiger charge is 2.08. The molecule has 1 N–H and O–H groups in total. The van der Waals surface area contributed by atoms with Gasteiger partial charge in [0.25, 0.3) is 5.91 Å². The Hall–Kier alpha value is -2.36. The zero-order chi connectivity index (χ0) is 13.8. The van der Waals surface area contributed by atoms with Crippen molar-refractivity contribution in [1.29, 1.82) is 0 Å². The van der Waals surface area contributed by atoms with Crippen molar-refractivity contribution in [2.45, 2.75) is 0 Å². The second kappa shape index (κ2) is 5.52. The standard InChI is InChI=1S/C15H14FNO2/c1-17-15(18)11-5-3-10(4-6-11)13-8-7-12(19-2)9-14(13)16/h3-9H,1-2H3,(H,17,18). The highest BCUT2D eigenvalue weighted by atomic mass is 19.1. The fraction of sp³-hybridized carbons (Fsp3) is 0.133. The Balaban J connectivity index is 2.34. The Labute approximate surface area is 111 Å². The van der Waals surface area contributed by atoms with Gasteiger partial charge in [-0.3, -0.25) is 4.79 Å². The van der Waals surface area contributed by atoms with Crippen molar-refractivity contribution in [2.24, 2.45) is 0 Å². The quantitative estimate of drug-likeness (QED) is 0.920. The topological polar surface area (TPSA) is 38.3 Å². The number of nitrogens with one attached hydrogen (secondary N) is 1. The average molecular weight is 259 g/mol. The average Bonchev–Trinajstić information content (AvgIpc) is 2.46. The Kier molecular flexibility index (Phi) is 3.80. The molecule has 0 saturated heterocycles. The fourth-order valence-corrected chi connectivity index (χ4v) is 1.80. The van der Waals surface area contributed by atoms with E-state index in [2.05, 4.69) is 5.32 Å². The number of ether oxygens (including phenoxy) is 1. The summed E-state index contributed by atoms with van der Waals surface area (Å²) in [6, 6.07) is 11.5. The van der Waals surface area contributed by atoms with Crippen LogP contribution in [0.25, 0.3) is 11.1 Å². The number of benzene rings is 2. The van der Waals surface area contributed by atoms with E-state index in [0.717, 1.165) is 0 Å². The number of carbonyl (C=O) groups excluding carboxylic acids is 1. The van der Waals surface area contributed by atoms with E-state index in [1.807, 2.05) is 0 Å². The summed E-state index contributed by atoms with van der Waals surface area (Å²) in [6.07, 6.45) is 0. The fourth-order valence-electron chi connectivity index (χ4n) is 1.80. The summed E-state index contributed by atoms with van der Waals surface area (Å²) in [5.74, 6) is -0.0444. The molecule has 19 heavy (non-hydrogen) atoms. The minimum absolute atomic E-state index is 0.165. The van der Waals surface area contributed by atoms with Crippen molar-refractivity contribution in [2.75, 3.05) is 14.2 Å². The van der Waals surface area contributed by atoms with Gasteiger partial charge in [-0.05, 0) is 29.8 Å². The number of amides is 1. The second-order valence-electron chi connectivity index (χ2n) is 4.00. The van der Waals surface area contributed by atoms with E-state index in [1.165, 1.54) is 13.2 Å². The van der Waals surface area contributed by atoms with E-state index in [-0.39, 0.29) is 11.7 Å². The molecule has 0 saturated carbocycles. The molecule has 0 fully saturated rings. The molecule has 0 bridgehead atoms. The van der Waals surface area contributed by atoms with E-state index in [0.29, 0.717) is 22.4 Å². The van der Waals surface area contributed by atoms with Gasteiger partial charge in [-0.15, -0.1) is 0 Å². The van der Waals surface area contributed by atoms with Crippen LogP contribution in [0.2, 0.25) is 0 Å². The summed E-state index contributed by atoms with van der Waals surface area (Å²) in [5.41, 5.74) is 1.73. The van der Waals surface area contributed by atoms with Gasteiger partial charge in [0.2, 0.25) is 0 Å². The molecule has 2 rings (SSSR count). The highest BCUT2D eigenvalue weighted by Crippen LogP contribution is 2.26. The lowest BCUT2D eigenvalue weighted by Gasteiger charge is -2.07. The molecular formula is C15H14FNO2. The summed E-state index contributed by atoms with van der Waals surface area (Å²) in [4.78, 5) is 11.4. The minimum Gasteiger partial charge on any atom is -0.497 e. The van der Waals surface area contributed by atoms with Crippen LogP contribution >= 0.6 is 0 Å². The van der Waals surface area contributed by atoms with E-state index >= 15 is 0 Å². The predicted molar refractivity (Wildman–Crippen MR) is 71.8 cm³/mol. The Morgan fingerprint density at radius 2 is 1.84 bits per heavy atom. The van der Waals surface area contributed by atoms with Crippen molar-refractivity contribution >= 4 is 5.91 Å². The normalized spacial score (nSPS) is 10.1. The van der Waals surface area contributed by atoms with Gasteiger partial charge in [0, 0.05) is 24.2 Å². The van der Waals surface area contributed by atoms with E-state index < -0.39 is 0 Å². The zero-order valence-corrected chi connectivity index (χ0v) is 10.7. The SMILES string of the molecule is CNC(=O)c1ccc(-c2ccc(OC)cc2F)cc1. The molecule has 0 radical (unpaired) electrons. The van der Waals surface area contributed by atoms with E-state index in [4.69, 9.17) is 4.74 Å². The molecule has 0 heterocycles. The molecule has 4 heteroatoms. The maximum absolute atomic E-state index is 13.9. The molecule has 98 valence electrons. The van der Waals surface area contributed by atoms with Crippen molar-refractivity contribution in [3.63, 3.8) is 0 Å². The van der Waals surface area contributed by atoms with Crippen LogP contribution in [0.5, 0.6) is 5.75 Å². The molecule has 0 unspecified atom stereocenters. The third-order valence-corrected chi connectivity index (χ3v) is 2.86. The predicted octanol–water partition coefficient (Wildman–Crippen LogP) is 2.86. The van der Waals surface area contributed by atoms with Crippen LogP contribution in [0.15, 0.2) is 42.5 Å². The Morgan fingerprint density at radius 1 is 1.16 bits per heavy atom. The first-order valence-corrected chi connectivity index (χ1v) is 5.81. The van der Waals surface area contributed by atoms with Gasteiger partial charge in [0.15, 0.2) is 0 Å². The number of hydrogen-bond acceptors (Lipinski definition) is 2. The van der Waals surface area contributed by atoms with Crippen LogP contribution in [-0.4, -0.2) is 20.1 Å². The number of rotatable bonds is 3. The van der Waals surface area contributed by atoms with Crippen molar-refractivity contribution in [3.05, 3.63) is 53.8 Å². The summed E-state index contributed by atoms with van der Waals surface area (Å²) in [7, 11) is 3.06. The molecule has 0 spiro atoms. The lowest BCUT2D eigenvalue weighted by atomic mass is 10.0. The smallest absolute Gasteiger partial charge is 0.251 e. The first-order chi connectivity index (χ1) is 9.15. The van der Waals surface area contributed by atoms with Gasteiger partial charge < -0.3 is 10.1 Å². The first kappa shape index (κ1) is 13.1. The van der Waals surface area contributed by atoms with Gasteiger partial charge >= 0.3 is 0 Å². The monoisotopic (exact) mass is 259 g/mol. The molecule has 3 nitrogen and oxygen atoms in total. The Bertz CT molecular complexity index is 594. The van der Waals surface area contributed by atoms with Crippen molar-refractivity contribution < 1.29 is 13.9 Å². The summed E-state index contributed by atoms with van der Waals surface area (Å²) < 4.78 is 18.8. The third-order valence-electron chi connectivity index (χ3n) is 2.86. The summed E-state index contributed by atoms with van der Waals surface area (Å²) >= 11 is 0. The highest BCUT2D eigenvalue weighted by molar-refractivity contribution is 5.94. The molecule has 1 amide bonds. The van der Waals surface area contributed by atoms with Crippen molar-refractivity contribution in [1.82, 2.24) is 5.32 Å². The molecule has 0 aliphatic rings. The molecule has 0 aromatic heterocycles. The third kappa shape index (κ3) is 2.73. The largest absolute Gasteiger partial charge is 0.497 e. The molecule has 2 aromatic carbocycles. The molecule has 2 aromatic rings. The molecule has 0 atom stereocenters. The zero-order valence-electron chi connectivity index (χ0n) is 10.7. The van der Waals surface area contributed by atoms with Crippen LogP contribution in [0.1, 0.15) is 10.4 Å². The lowest BCUT2D eigenvalue weighted by Crippen LogP contribution is -2.17. The second-order valence-corrected chi connectivity index (χ2v) is 4.00. The van der Waals surface area contributed by atoms with E-state index in [9.17, 15) is 9.18 Å². The van der Waals surface area contributed by atoms with E-state index in [1.54, 1.807) is 43.4 Å². The van der Waals surface area contributed by atoms with Crippen LogP contribution in [-0.2, 0) is 0 Å². The molecule has 0 aliphatic carbocycles. The van der Waals surface area contributed by atoms with Gasteiger partial charge in [0.05, 0.1) is 7.11 Å². The number of halogens is 1. The van der Waals surface area contributed by atoms with Crippen molar-refractivity contribution in [3.8, 4) is 16.9 Å². The van der Waals surface area contributed by atoms with Crippen LogP contribution in [0.3, 0.4) is 0 Å². The minimum atomic E-state index is -0.355. The molecular weight excluding hydrogens is 245 g/mol. The Morgan fingerprint density at radius 3 is 2.37 bits per heavy atom. The summed E-state index contributed by atoms with van der Waals surface area (Å²) in [5, 5.41) is 2.54. The lowest BCUT2D eigenvalue weighted by molar-refractivity contribution is 0.0963. The van der Waals surface area contributed by atoms with Gasteiger partial charge in [-0.2, -0.15) is 0 Å². The first-order valence-electron chi connectivity index (χ1n) is 5.81. The summed E-state index contributed by atoms with van der Waals surface area (Å²) in [6.45, 7) is 0. The number of methoxy groups -OCH3 is 1. The number of hydrogen-bond donors (Lipinski definition) is 1. The molecule has 0 aliphatic heterocycles.